The van der Waals surface area contributed by atoms with Crippen LogP contribution in [-0.2, 0) is 0 Å². The van der Waals surface area contributed by atoms with Crippen LogP contribution in [-0.4, -0.2) is 11.1 Å². The molecule has 0 saturated heterocycles. The number of carbonyl (C=O) groups is 1. The van der Waals surface area contributed by atoms with Gasteiger partial charge in [0, 0.05) is 6.04 Å². The zero-order valence-electron chi connectivity index (χ0n) is 9.14. The van der Waals surface area contributed by atoms with Crippen LogP contribution in [0.15, 0.2) is 36.4 Å². The van der Waals surface area contributed by atoms with Gasteiger partial charge in [0.05, 0.1) is 5.56 Å². The van der Waals surface area contributed by atoms with Crippen molar-refractivity contribution >= 4 is 18.4 Å². The molecule has 0 heterocycles. The highest BCUT2D eigenvalue weighted by molar-refractivity contribution is 5.87. The van der Waals surface area contributed by atoms with Crippen molar-refractivity contribution in [3.63, 3.8) is 0 Å². The number of carboxylic acid groups (broad SMARTS) is 1. The molecule has 0 unspecified atom stereocenters. The maximum atomic E-state index is 10.6. The van der Waals surface area contributed by atoms with E-state index in [9.17, 15) is 4.79 Å². The molecule has 0 saturated carbocycles. The lowest BCUT2D eigenvalue weighted by atomic mass is 10.0. The quantitative estimate of drug-likeness (QED) is 0.797. The molecular formula is C12H16ClNO2. The van der Waals surface area contributed by atoms with Crippen LogP contribution in [0.4, 0.5) is 0 Å². The van der Waals surface area contributed by atoms with Crippen molar-refractivity contribution < 1.29 is 9.90 Å². The Morgan fingerprint density at radius 3 is 2.31 bits per heavy atom. The number of hydrogen-bond donors (Lipinski definition) is 2. The predicted molar refractivity (Wildman–Crippen MR) is 67.0 cm³/mol. The van der Waals surface area contributed by atoms with Crippen LogP contribution < -0.4 is 5.73 Å². The Morgan fingerprint density at radius 2 is 1.94 bits per heavy atom. The lowest BCUT2D eigenvalue weighted by Gasteiger charge is -2.11. The summed E-state index contributed by atoms with van der Waals surface area (Å²) in [6, 6.07) is 6.52. The minimum absolute atomic E-state index is 0. The Hall–Kier alpha value is -1.32. The van der Waals surface area contributed by atoms with Gasteiger partial charge in [-0.2, -0.15) is 0 Å². The molecule has 0 aromatic heterocycles. The molecule has 16 heavy (non-hydrogen) atoms. The van der Waals surface area contributed by atoms with Gasteiger partial charge in [-0.25, -0.2) is 4.79 Å². The fraction of sp³-hybridized carbons (Fsp3) is 0.250. The largest absolute Gasteiger partial charge is 0.478 e. The molecule has 0 aliphatic carbocycles. The van der Waals surface area contributed by atoms with Crippen LogP contribution in [0.3, 0.4) is 0 Å². The van der Waals surface area contributed by atoms with Crippen LogP contribution in [0, 0.1) is 0 Å². The number of halogens is 1. The number of nitrogens with two attached hydrogens (primary N) is 1. The van der Waals surface area contributed by atoms with Gasteiger partial charge in [0.2, 0.25) is 0 Å². The SMILES string of the molecule is C=C(C)C[C@H](N)c1ccc(C(=O)O)cc1.Cl. The average molecular weight is 242 g/mol. The molecular weight excluding hydrogens is 226 g/mol. The summed E-state index contributed by atoms with van der Waals surface area (Å²) in [7, 11) is 0. The highest BCUT2D eigenvalue weighted by Crippen LogP contribution is 2.18. The number of hydrogen-bond acceptors (Lipinski definition) is 2. The van der Waals surface area contributed by atoms with Crippen molar-refractivity contribution in [2.24, 2.45) is 5.73 Å². The molecule has 0 aliphatic heterocycles. The van der Waals surface area contributed by atoms with Gasteiger partial charge in [-0.1, -0.05) is 17.7 Å². The first-order valence-corrected chi connectivity index (χ1v) is 4.74. The molecule has 0 aliphatic rings. The van der Waals surface area contributed by atoms with E-state index in [0.29, 0.717) is 6.42 Å². The molecule has 0 fully saturated rings. The van der Waals surface area contributed by atoms with Gasteiger partial charge in [0.25, 0.3) is 0 Å². The molecule has 1 atom stereocenters. The number of carboxylic acids is 1. The fourth-order valence-corrected chi connectivity index (χ4v) is 1.37. The Bertz CT molecular complexity index is 373. The zero-order chi connectivity index (χ0) is 11.4. The summed E-state index contributed by atoms with van der Waals surface area (Å²) in [5.41, 5.74) is 8.14. The van der Waals surface area contributed by atoms with Gasteiger partial charge in [-0.05, 0) is 31.0 Å². The molecule has 0 amide bonds. The molecule has 1 aromatic rings. The topological polar surface area (TPSA) is 63.3 Å². The monoisotopic (exact) mass is 241 g/mol. The first-order chi connectivity index (χ1) is 7.00. The Labute approximate surface area is 101 Å². The van der Waals surface area contributed by atoms with Gasteiger partial charge in [-0.15, -0.1) is 19.0 Å². The second-order valence-electron chi connectivity index (χ2n) is 3.69. The van der Waals surface area contributed by atoms with Crippen molar-refractivity contribution in [2.75, 3.05) is 0 Å². The second-order valence-corrected chi connectivity index (χ2v) is 3.69. The summed E-state index contributed by atoms with van der Waals surface area (Å²) in [5, 5.41) is 8.71. The summed E-state index contributed by atoms with van der Waals surface area (Å²) in [5.74, 6) is -0.921. The summed E-state index contributed by atoms with van der Waals surface area (Å²) in [6.45, 7) is 5.71. The van der Waals surface area contributed by atoms with E-state index in [-0.39, 0.29) is 24.0 Å². The molecule has 0 bridgehead atoms. The number of rotatable bonds is 4. The van der Waals surface area contributed by atoms with Crippen molar-refractivity contribution in [3.8, 4) is 0 Å². The smallest absolute Gasteiger partial charge is 0.335 e. The van der Waals surface area contributed by atoms with E-state index in [1.165, 1.54) is 0 Å². The van der Waals surface area contributed by atoms with Gasteiger partial charge in [0.1, 0.15) is 0 Å². The fourth-order valence-electron chi connectivity index (χ4n) is 1.37. The molecule has 3 nitrogen and oxygen atoms in total. The lowest BCUT2D eigenvalue weighted by molar-refractivity contribution is 0.0697. The van der Waals surface area contributed by atoms with Crippen molar-refractivity contribution in [2.45, 2.75) is 19.4 Å². The Balaban J connectivity index is 0.00000225. The second kappa shape index (κ2) is 6.30. The number of aromatic carboxylic acids is 1. The van der Waals surface area contributed by atoms with Gasteiger partial charge in [0.15, 0.2) is 0 Å². The average Bonchev–Trinajstić information content (AvgIpc) is 2.17. The van der Waals surface area contributed by atoms with Crippen LogP contribution in [0.5, 0.6) is 0 Å². The van der Waals surface area contributed by atoms with Gasteiger partial charge in [-0.3, -0.25) is 0 Å². The maximum absolute atomic E-state index is 10.6. The van der Waals surface area contributed by atoms with E-state index >= 15 is 0 Å². The normalized spacial score (nSPS) is 11.4. The lowest BCUT2D eigenvalue weighted by Crippen LogP contribution is -2.10. The van der Waals surface area contributed by atoms with Crippen LogP contribution in [0.1, 0.15) is 35.3 Å². The standard InChI is InChI=1S/C12H15NO2.ClH/c1-8(2)7-11(13)9-3-5-10(6-4-9)12(14)15;/h3-6,11H,1,7,13H2,2H3,(H,14,15);1H/t11-;/m0./s1. The molecule has 3 N–H and O–H groups in total. The van der Waals surface area contributed by atoms with E-state index in [0.717, 1.165) is 11.1 Å². The number of benzene rings is 1. The highest BCUT2D eigenvalue weighted by atomic mass is 35.5. The molecule has 1 rings (SSSR count). The van der Waals surface area contributed by atoms with Crippen LogP contribution in [0.25, 0.3) is 0 Å². The minimum atomic E-state index is -0.921. The van der Waals surface area contributed by atoms with Crippen molar-refractivity contribution in [1.29, 1.82) is 0 Å². The van der Waals surface area contributed by atoms with E-state index in [1.54, 1.807) is 24.3 Å². The van der Waals surface area contributed by atoms with E-state index < -0.39 is 5.97 Å². The molecule has 1 aromatic carbocycles. The third-order valence-corrected chi connectivity index (χ3v) is 2.15. The van der Waals surface area contributed by atoms with Crippen LogP contribution >= 0.6 is 12.4 Å². The summed E-state index contributed by atoms with van der Waals surface area (Å²) >= 11 is 0. The third kappa shape index (κ3) is 4.04. The first kappa shape index (κ1) is 14.7. The van der Waals surface area contributed by atoms with E-state index in [4.69, 9.17) is 10.8 Å². The Morgan fingerprint density at radius 1 is 1.44 bits per heavy atom. The molecule has 4 heteroatoms. The van der Waals surface area contributed by atoms with Crippen LogP contribution in [0.2, 0.25) is 0 Å². The van der Waals surface area contributed by atoms with Gasteiger partial charge >= 0.3 is 5.97 Å². The zero-order valence-corrected chi connectivity index (χ0v) is 9.96. The highest BCUT2D eigenvalue weighted by Gasteiger charge is 2.07. The molecule has 0 radical (unpaired) electrons. The van der Waals surface area contributed by atoms with Crippen molar-refractivity contribution in [3.05, 3.63) is 47.5 Å². The first-order valence-electron chi connectivity index (χ1n) is 4.74. The van der Waals surface area contributed by atoms with E-state index in [2.05, 4.69) is 6.58 Å². The minimum Gasteiger partial charge on any atom is -0.478 e. The molecule has 88 valence electrons. The summed E-state index contributed by atoms with van der Waals surface area (Å²) in [4.78, 5) is 10.6. The molecule has 0 spiro atoms. The third-order valence-electron chi connectivity index (χ3n) is 2.15. The maximum Gasteiger partial charge on any atom is 0.335 e. The Kier molecular flexibility index (Phi) is 5.78. The van der Waals surface area contributed by atoms with Gasteiger partial charge < -0.3 is 10.8 Å². The summed E-state index contributed by atoms with van der Waals surface area (Å²) < 4.78 is 0. The summed E-state index contributed by atoms with van der Waals surface area (Å²) in [6.07, 6.45) is 0.715. The van der Waals surface area contributed by atoms with E-state index in [1.807, 2.05) is 6.92 Å². The predicted octanol–water partition coefficient (Wildman–Crippen LogP) is 2.77. The van der Waals surface area contributed by atoms with Crippen molar-refractivity contribution in [1.82, 2.24) is 0 Å².